The van der Waals surface area contributed by atoms with Crippen LogP contribution in [0.4, 0.5) is 0 Å². The van der Waals surface area contributed by atoms with E-state index in [1.807, 2.05) is 30.3 Å². The number of benzene rings is 1. The Morgan fingerprint density at radius 2 is 1.78 bits per heavy atom. The molecule has 2 saturated heterocycles. The molecule has 2 heterocycles. The predicted molar refractivity (Wildman–Crippen MR) is 69.1 cm³/mol. The highest BCUT2D eigenvalue weighted by molar-refractivity contribution is 5.78. The van der Waals surface area contributed by atoms with Crippen LogP contribution in [0.25, 0.3) is 0 Å². The summed E-state index contributed by atoms with van der Waals surface area (Å²) in [6, 6.07) is 10.0. The van der Waals surface area contributed by atoms with E-state index in [-0.39, 0.29) is 18.1 Å². The Bertz CT molecular complexity index is 412. The third-order valence-electron chi connectivity index (χ3n) is 3.97. The molecule has 3 rings (SSSR count). The summed E-state index contributed by atoms with van der Waals surface area (Å²) in [5, 5.41) is 0. The Morgan fingerprint density at radius 3 is 2.50 bits per heavy atom. The zero-order chi connectivity index (χ0) is 12.4. The fraction of sp³-hybridized carbons (Fsp3) is 0.533. The highest BCUT2D eigenvalue weighted by Crippen LogP contribution is 2.33. The van der Waals surface area contributed by atoms with Gasteiger partial charge in [0.05, 0.1) is 0 Å². The van der Waals surface area contributed by atoms with Gasteiger partial charge in [0.25, 0.3) is 0 Å². The molecule has 0 bridgehead atoms. The van der Waals surface area contributed by atoms with Crippen LogP contribution in [-0.4, -0.2) is 30.0 Å². The van der Waals surface area contributed by atoms with Crippen LogP contribution >= 0.6 is 0 Å². The molecule has 0 N–H and O–H groups in total. The summed E-state index contributed by atoms with van der Waals surface area (Å²) in [5.41, 5.74) is 1.12. The van der Waals surface area contributed by atoms with Gasteiger partial charge in [0.1, 0.15) is 12.1 Å². The molecule has 2 aliphatic rings. The first-order chi connectivity index (χ1) is 8.84. The van der Waals surface area contributed by atoms with Crippen LogP contribution in [0.15, 0.2) is 30.3 Å². The highest BCUT2D eigenvalue weighted by atomic mass is 16.6. The molecule has 0 aliphatic carbocycles. The van der Waals surface area contributed by atoms with Crippen molar-refractivity contribution in [3.63, 3.8) is 0 Å². The number of cyclic esters (lactones) is 1. The summed E-state index contributed by atoms with van der Waals surface area (Å²) in [4.78, 5) is 14.3. The van der Waals surface area contributed by atoms with Gasteiger partial charge >= 0.3 is 5.97 Å². The summed E-state index contributed by atoms with van der Waals surface area (Å²) in [5.74, 6) is -0.0363. The number of piperidine rings is 1. The molecule has 1 aromatic rings. The second-order valence-corrected chi connectivity index (χ2v) is 5.18. The fourth-order valence-electron chi connectivity index (χ4n) is 2.97. The molecular formula is C15H19NO2. The molecule has 2 aliphatic heterocycles. The van der Waals surface area contributed by atoms with Crippen LogP contribution in [0.1, 0.15) is 37.4 Å². The summed E-state index contributed by atoms with van der Waals surface area (Å²) in [6.45, 7) is 2.09. The predicted octanol–water partition coefficient (Wildman–Crippen LogP) is 2.53. The highest BCUT2D eigenvalue weighted by Gasteiger charge is 2.39. The van der Waals surface area contributed by atoms with Crippen LogP contribution in [0.5, 0.6) is 0 Å². The summed E-state index contributed by atoms with van der Waals surface area (Å²) < 4.78 is 5.53. The van der Waals surface area contributed by atoms with E-state index in [4.69, 9.17) is 4.74 Å². The number of hydrogen-bond donors (Lipinski definition) is 0. The van der Waals surface area contributed by atoms with Gasteiger partial charge in [0.15, 0.2) is 0 Å². The molecule has 0 spiro atoms. The van der Waals surface area contributed by atoms with E-state index in [9.17, 15) is 4.79 Å². The Morgan fingerprint density at radius 1 is 1.06 bits per heavy atom. The minimum atomic E-state index is -0.0503. The van der Waals surface area contributed by atoms with Crippen LogP contribution in [-0.2, 0) is 9.53 Å². The molecule has 96 valence electrons. The van der Waals surface area contributed by atoms with E-state index in [0.717, 1.165) is 25.1 Å². The largest absolute Gasteiger partial charge is 0.456 e. The monoisotopic (exact) mass is 245 g/mol. The van der Waals surface area contributed by atoms with Gasteiger partial charge in [0.2, 0.25) is 0 Å². The molecule has 2 atom stereocenters. The van der Waals surface area contributed by atoms with Crippen LogP contribution in [0, 0.1) is 0 Å². The fourth-order valence-corrected chi connectivity index (χ4v) is 2.97. The summed E-state index contributed by atoms with van der Waals surface area (Å²) in [6.07, 6.45) is 4.47. The van der Waals surface area contributed by atoms with Crippen LogP contribution < -0.4 is 0 Å². The molecule has 0 radical (unpaired) electrons. The standard InChI is InChI=1S/C15H19NO2/c17-15-13(16-9-5-2-6-10-16)11-14(18-15)12-7-3-1-4-8-12/h1,3-4,7-8,13-14H,2,5-6,9-11H2/t13-,14-/m0/s1. The molecule has 0 aromatic heterocycles. The molecule has 2 fully saturated rings. The van der Waals surface area contributed by atoms with Gasteiger partial charge in [-0.05, 0) is 31.5 Å². The van der Waals surface area contributed by atoms with Crippen LogP contribution in [0.2, 0.25) is 0 Å². The Balaban J connectivity index is 1.70. The molecule has 0 amide bonds. The van der Waals surface area contributed by atoms with Gasteiger partial charge in [-0.2, -0.15) is 0 Å². The number of carbonyl (C=O) groups excluding carboxylic acids is 1. The van der Waals surface area contributed by atoms with Gasteiger partial charge in [-0.25, -0.2) is 0 Å². The van der Waals surface area contributed by atoms with Gasteiger partial charge in [-0.15, -0.1) is 0 Å². The topological polar surface area (TPSA) is 29.5 Å². The first-order valence-corrected chi connectivity index (χ1v) is 6.84. The average molecular weight is 245 g/mol. The van der Waals surface area contributed by atoms with Gasteiger partial charge in [0, 0.05) is 6.42 Å². The number of nitrogens with zero attached hydrogens (tertiary/aromatic N) is 1. The maximum absolute atomic E-state index is 12.0. The van der Waals surface area contributed by atoms with E-state index in [2.05, 4.69) is 4.90 Å². The zero-order valence-corrected chi connectivity index (χ0v) is 10.5. The lowest BCUT2D eigenvalue weighted by Gasteiger charge is -2.29. The first-order valence-electron chi connectivity index (χ1n) is 6.84. The minimum absolute atomic E-state index is 0.0180. The summed E-state index contributed by atoms with van der Waals surface area (Å²) >= 11 is 0. The third-order valence-corrected chi connectivity index (χ3v) is 3.97. The lowest BCUT2D eigenvalue weighted by molar-refractivity contribution is -0.145. The van der Waals surface area contributed by atoms with Gasteiger partial charge in [-0.3, -0.25) is 9.69 Å². The molecule has 18 heavy (non-hydrogen) atoms. The average Bonchev–Trinajstić information content (AvgIpc) is 2.83. The van der Waals surface area contributed by atoms with Crippen molar-refractivity contribution < 1.29 is 9.53 Å². The minimum Gasteiger partial charge on any atom is -0.456 e. The van der Waals surface area contributed by atoms with Crippen molar-refractivity contribution in [1.82, 2.24) is 4.90 Å². The van der Waals surface area contributed by atoms with Crippen molar-refractivity contribution in [3.8, 4) is 0 Å². The van der Waals surface area contributed by atoms with E-state index >= 15 is 0 Å². The molecular weight excluding hydrogens is 226 g/mol. The summed E-state index contributed by atoms with van der Waals surface area (Å²) in [7, 11) is 0. The van der Waals surface area contributed by atoms with E-state index in [1.54, 1.807) is 0 Å². The first kappa shape index (κ1) is 11.7. The van der Waals surface area contributed by atoms with E-state index < -0.39 is 0 Å². The van der Waals surface area contributed by atoms with E-state index in [0.29, 0.717) is 0 Å². The molecule has 3 heteroatoms. The maximum atomic E-state index is 12.0. The van der Waals surface area contributed by atoms with Gasteiger partial charge < -0.3 is 4.74 Å². The second kappa shape index (κ2) is 5.11. The third kappa shape index (κ3) is 2.27. The number of likely N-dealkylation sites (tertiary alicyclic amines) is 1. The smallest absolute Gasteiger partial charge is 0.324 e. The second-order valence-electron chi connectivity index (χ2n) is 5.18. The van der Waals surface area contributed by atoms with Crippen molar-refractivity contribution in [2.75, 3.05) is 13.1 Å². The van der Waals surface area contributed by atoms with Crippen molar-refractivity contribution in [2.45, 2.75) is 37.8 Å². The van der Waals surface area contributed by atoms with E-state index in [1.165, 1.54) is 19.3 Å². The van der Waals surface area contributed by atoms with Crippen molar-refractivity contribution in [2.24, 2.45) is 0 Å². The molecule has 0 unspecified atom stereocenters. The number of hydrogen-bond acceptors (Lipinski definition) is 3. The Hall–Kier alpha value is -1.35. The normalized spacial score (nSPS) is 29.2. The Labute approximate surface area is 108 Å². The zero-order valence-electron chi connectivity index (χ0n) is 10.5. The molecule has 0 saturated carbocycles. The number of ether oxygens (including phenoxy) is 1. The molecule has 3 nitrogen and oxygen atoms in total. The lowest BCUT2D eigenvalue weighted by Crippen LogP contribution is -2.41. The quantitative estimate of drug-likeness (QED) is 0.750. The number of rotatable bonds is 2. The lowest BCUT2D eigenvalue weighted by atomic mass is 10.0. The Kier molecular flexibility index (Phi) is 3.33. The maximum Gasteiger partial charge on any atom is 0.324 e. The number of esters is 1. The van der Waals surface area contributed by atoms with Gasteiger partial charge in [-0.1, -0.05) is 36.8 Å². The van der Waals surface area contributed by atoms with Crippen molar-refractivity contribution in [3.05, 3.63) is 35.9 Å². The SMILES string of the molecule is O=C1O[C@H](c2ccccc2)C[C@@H]1N1CCCCC1. The van der Waals surface area contributed by atoms with Crippen LogP contribution in [0.3, 0.4) is 0 Å². The van der Waals surface area contributed by atoms with Crippen molar-refractivity contribution in [1.29, 1.82) is 0 Å². The number of carbonyl (C=O) groups is 1. The molecule has 1 aromatic carbocycles. The van der Waals surface area contributed by atoms with Crippen molar-refractivity contribution >= 4 is 5.97 Å².